The van der Waals surface area contributed by atoms with Crippen molar-refractivity contribution in [3.8, 4) is 0 Å². The van der Waals surface area contributed by atoms with E-state index in [1.54, 1.807) is 55.9 Å². The van der Waals surface area contributed by atoms with E-state index in [1.807, 2.05) is 0 Å². The van der Waals surface area contributed by atoms with Crippen LogP contribution in [0.25, 0.3) is 10.9 Å². The maximum atomic E-state index is 14.0. The molecule has 1 aromatic heterocycles. The highest BCUT2D eigenvalue weighted by Gasteiger charge is 2.26. The molecule has 1 heterocycles. The van der Waals surface area contributed by atoms with Gasteiger partial charge in [-0.3, -0.25) is 0 Å². The van der Waals surface area contributed by atoms with Crippen LogP contribution < -0.4 is 0 Å². The Labute approximate surface area is 142 Å². The lowest BCUT2D eigenvalue weighted by Gasteiger charge is -2.08. The van der Waals surface area contributed by atoms with Gasteiger partial charge in [-0.1, -0.05) is 15.9 Å². The standard InChI is InChI=1S/C17H15BrFNO2S/c1-10-8-12(18)4-7-15(10)23(21,22)16-9-20(3)14-6-5-13(19)11(2)17(14)16/h4-9H,1-3H3. The highest BCUT2D eigenvalue weighted by molar-refractivity contribution is 9.10. The summed E-state index contributed by atoms with van der Waals surface area (Å²) in [5, 5.41) is 0.440. The summed E-state index contributed by atoms with van der Waals surface area (Å²) in [6, 6.07) is 7.98. The summed E-state index contributed by atoms with van der Waals surface area (Å²) in [4.78, 5) is 0.370. The Kier molecular flexibility index (Phi) is 3.84. The molecule has 23 heavy (non-hydrogen) atoms. The number of aromatic nitrogens is 1. The first-order valence-electron chi connectivity index (χ1n) is 6.99. The number of rotatable bonds is 2. The predicted molar refractivity (Wildman–Crippen MR) is 91.9 cm³/mol. The molecular weight excluding hydrogens is 381 g/mol. The minimum absolute atomic E-state index is 0.137. The maximum Gasteiger partial charge on any atom is 0.208 e. The van der Waals surface area contributed by atoms with Crippen molar-refractivity contribution in [3.63, 3.8) is 0 Å². The fraction of sp³-hybridized carbons (Fsp3) is 0.176. The summed E-state index contributed by atoms with van der Waals surface area (Å²) in [5.74, 6) is -0.410. The Morgan fingerprint density at radius 2 is 1.78 bits per heavy atom. The zero-order valence-corrected chi connectivity index (χ0v) is 15.3. The highest BCUT2D eigenvalue weighted by Crippen LogP contribution is 2.34. The van der Waals surface area contributed by atoms with Crippen molar-refractivity contribution in [2.75, 3.05) is 0 Å². The van der Waals surface area contributed by atoms with Crippen molar-refractivity contribution in [1.29, 1.82) is 0 Å². The van der Waals surface area contributed by atoms with Gasteiger partial charge >= 0.3 is 0 Å². The Bertz CT molecular complexity index is 1040. The molecule has 0 aliphatic carbocycles. The molecule has 3 aromatic rings. The molecule has 0 saturated carbocycles. The van der Waals surface area contributed by atoms with Crippen molar-refractivity contribution in [3.05, 3.63) is 57.9 Å². The van der Waals surface area contributed by atoms with Gasteiger partial charge in [0.1, 0.15) is 5.82 Å². The minimum atomic E-state index is -3.74. The van der Waals surface area contributed by atoms with Crippen LogP contribution in [0.15, 0.2) is 50.8 Å². The van der Waals surface area contributed by atoms with Crippen molar-refractivity contribution in [2.45, 2.75) is 23.6 Å². The smallest absolute Gasteiger partial charge is 0.208 e. The molecule has 120 valence electrons. The molecule has 6 heteroatoms. The number of halogens is 2. The van der Waals surface area contributed by atoms with E-state index < -0.39 is 15.7 Å². The molecule has 2 aromatic carbocycles. The second-order valence-corrected chi connectivity index (χ2v) is 8.39. The molecule has 0 atom stereocenters. The average Bonchev–Trinajstić information content (AvgIpc) is 2.81. The first-order valence-corrected chi connectivity index (χ1v) is 9.26. The van der Waals surface area contributed by atoms with E-state index in [2.05, 4.69) is 15.9 Å². The largest absolute Gasteiger partial charge is 0.349 e. The first kappa shape index (κ1) is 16.2. The number of sulfone groups is 1. The van der Waals surface area contributed by atoms with Crippen molar-refractivity contribution in [1.82, 2.24) is 4.57 Å². The molecule has 0 saturated heterocycles. The molecule has 0 fully saturated rings. The fourth-order valence-corrected chi connectivity index (χ4v) is 5.09. The number of aryl methyl sites for hydroxylation is 3. The van der Waals surface area contributed by atoms with Crippen LogP contribution in [-0.4, -0.2) is 13.0 Å². The van der Waals surface area contributed by atoms with Crippen LogP contribution in [0, 0.1) is 19.7 Å². The molecular formula is C17H15BrFNO2S. The van der Waals surface area contributed by atoms with Crippen LogP contribution in [0.2, 0.25) is 0 Å². The summed E-state index contributed by atoms with van der Waals surface area (Å²) in [6.07, 6.45) is 1.55. The predicted octanol–water partition coefficient (Wildman–Crippen LogP) is 4.53. The first-order chi connectivity index (χ1) is 10.7. The fourth-order valence-electron chi connectivity index (χ4n) is 2.82. The molecule has 0 aliphatic heterocycles. The quantitative estimate of drug-likeness (QED) is 0.639. The second kappa shape index (κ2) is 5.46. The average molecular weight is 396 g/mol. The Hall–Kier alpha value is -1.66. The minimum Gasteiger partial charge on any atom is -0.349 e. The summed E-state index contributed by atoms with van der Waals surface area (Å²) < 4.78 is 42.7. The zero-order chi connectivity index (χ0) is 16.9. The van der Waals surface area contributed by atoms with Crippen LogP contribution in [0.5, 0.6) is 0 Å². The van der Waals surface area contributed by atoms with Crippen LogP contribution in [0.1, 0.15) is 11.1 Å². The van der Waals surface area contributed by atoms with E-state index in [1.165, 1.54) is 6.07 Å². The summed E-state index contributed by atoms with van der Waals surface area (Å²) in [7, 11) is -1.98. The van der Waals surface area contributed by atoms with Crippen molar-refractivity contribution in [2.24, 2.45) is 7.05 Å². The van der Waals surface area contributed by atoms with E-state index in [0.29, 0.717) is 22.0 Å². The lowest BCUT2D eigenvalue weighted by Crippen LogP contribution is -2.04. The van der Waals surface area contributed by atoms with Gasteiger partial charge in [0, 0.05) is 28.6 Å². The molecule has 0 amide bonds. The maximum absolute atomic E-state index is 14.0. The van der Waals surface area contributed by atoms with E-state index >= 15 is 0 Å². The van der Waals surface area contributed by atoms with Crippen molar-refractivity contribution >= 4 is 36.7 Å². The van der Waals surface area contributed by atoms with E-state index in [4.69, 9.17) is 0 Å². The zero-order valence-electron chi connectivity index (χ0n) is 12.9. The van der Waals surface area contributed by atoms with Gasteiger partial charge in [0.25, 0.3) is 0 Å². The third-order valence-corrected chi connectivity index (χ3v) is 6.45. The Morgan fingerprint density at radius 3 is 2.43 bits per heavy atom. The van der Waals surface area contributed by atoms with Crippen molar-refractivity contribution < 1.29 is 12.8 Å². The van der Waals surface area contributed by atoms with Gasteiger partial charge < -0.3 is 4.57 Å². The molecule has 0 N–H and O–H groups in total. The van der Waals surface area contributed by atoms with Crippen LogP contribution in [-0.2, 0) is 16.9 Å². The number of benzene rings is 2. The number of hydrogen-bond acceptors (Lipinski definition) is 2. The Balaban J connectivity index is 2.38. The van der Waals surface area contributed by atoms with Crippen LogP contribution in [0.4, 0.5) is 4.39 Å². The number of hydrogen-bond donors (Lipinski definition) is 0. The van der Waals surface area contributed by atoms with E-state index in [0.717, 1.165) is 4.47 Å². The highest BCUT2D eigenvalue weighted by atomic mass is 79.9. The normalized spacial score (nSPS) is 12.0. The second-order valence-electron chi connectivity index (χ2n) is 5.58. The van der Waals surface area contributed by atoms with E-state index in [-0.39, 0.29) is 9.79 Å². The number of fused-ring (bicyclic) bond motifs is 1. The monoisotopic (exact) mass is 395 g/mol. The molecule has 3 rings (SSSR count). The number of nitrogens with zero attached hydrogens (tertiary/aromatic N) is 1. The lowest BCUT2D eigenvalue weighted by molar-refractivity contribution is 0.595. The Morgan fingerprint density at radius 1 is 1.09 bits per heavy atom. The molecule has 0 radical (unpaired) electrons. The lowest BCUT2D eigenvalue weighted by atomic mass is 10.1. The van der Waals surface area contributed by atoms with Gasteiger partial charge in [-0.15, -0.1) is 0 Å². The molecule has 0 spiro atoms. The summed E-state index contributed by atoms with van der Waals surface area (Å²) in [5.41, 5.74) is 1.68. The van der Waals surface area contributed by atoms with Gasteiger partial charge in [-0.05, 0) is 55.3 Å². The molecule has 3 nitrogen and oxygen atoms in total. The third-order valence-electron chi connectivity index (χ3n) is 4.03. The van der Waals surface area contributed by atoms with Gasteiger partial charge in [-0.2, -0.15) is 0 Å². The third kappa shape index (κ3) is 2.50. The van der Waals surface area contributed by atoms with Gasteiger partial charge in [-0.25, -0.2) is 12.8 Å². The summed E-state index contributed by atoms with van der Waals surface area (Å²) >= 11 is 3.34. The summed E-state index contributed by atoms with van der Waals surface area (Å²) in [6.45, 7) is 3.35. The molecule has 0 aliphatic rings. The van der Waals surface area contributed by atoms with E-state index in [9.17, 15) is 12.8 Å². The molecule has 0 bridgehead atoms. The van der Waals surface area contributed by atoms with Crippen LogP contribution >= 0.6 is 15.9 Å². The van der Waals surface area contributed by atoms with Gasteiger partial charge in [0.15, 0.2) is 0 Å². The van der Waals surface area contributed by atoms with Gasteiger partial charge in [0.05, 0.1) is 9.79 Å². The topological polar surface area (TPSA) is 39.1 Å². The van der Waals surface area contributed by atoms with Crippen LogP contribution in [0.3, 0.4) is 0 Å². The molecule has 0 unspecified atom stereocenters. The SMILES string of the molecule is Cc1cc(Br)ccc1S(=O)(=O)c1cn(C)c2ccc(F)c(C)c12. The van der Waals surface area contributed by atoms with Gasteiger partial charge in [0.2, 0.25) is 9.84 Å².